The van der Waals surface area contributed by atoms with Gasteiger partial charge in [0, 0.05) is 55.9 Å². The van der Waals surface area contributed by atoms with Crippen LogP contribution in [0.25, 0.3) is 45.8 Å². The molecule has 18 heteroatoms. The van der Waals surface area contributed by atoms with Crippen molar-refractivity contribution >= 4 is 46.4 Å². The Labute approximate surface area is 534 Å². The highest BCUT2D eigenvalue weighted by atomic mass is 35.5. The summed E-state index contributed by atoms with van der Waals surface area (Å²) in [6.45, 7) is 1.06. The number of carbonyl (C=O) groups excluding carboxylic acids is 2. The first-order valence-corrected chi connectivity index (χ1v) is 30.8. The summed E-state index contributed by atoms with van der Waals surface area (Å²) in [5.74, 6) is 4.34. The van der Waals surface area contributed by atoms with Gasteiger partial charge in [-0.3, -0.25) is 19.4 Å². The minimum absolute atomic E-state index is 0.329. The maximum atomic E-state index is 14.5. The largest absolute Gasteiger partial charge is 0.497 e. The Bertz CT molecular complexity index is 3640. The fourth-order valence-corrected chi connectivity index (χ4v) is 11.0. The van der Waals surface area contributed by atoms with Crippen molar-refractivity contribution in [3.63, 3.8) is 0 Å². The van der Waals surface area contributed by atoms with Gasteiger partial charge in [-0.1, -0.05) is 111 Å². The molecule has 16 nitrogen and oxygen atoms in total. The second kappa shape index (κ2) is 31.5. The monoisotopic (exact) mass is 1250 g/mol. The highest BCUT2D eigenvalue weighted by molar-refractivity contribution is 6.27. The number of hydrogen-bond acceptors (Lipinski definition) is 14. The molecule has 90 heavy (non-hydrogen) atoms. The van der Waals surface area contributed by atoms with Crippen LogP contribution in [0.5, 0.6) is 34.5 Å². The van der Waals surface area contributed by atoms with Gasteiger partial charge in [0.1, 0.15) is 45.5 Å². The van der Waals surface area contributed by atoms with Crippen molar-refractivity contribution in [1.82, 2.24) is 20.4 Å². The number of amides is 2. The SMILES string of the molecule is COc1ccc(C(=O)N(c2ccc(-c3nnc(-c4ccccc4)o3)cc2)C(Cl)c2cc(OCCCCCCCCCCCCOc3ccc(OC)c(C(Cl)N(C(=O)c4ccc(OC)cc4)c4ccc(-c5nnc(-c6ccccc6)o5)cc4)c3)ccc2OC)cc1. The van der Waals surface area contributed by atoms with Crippen LogP contribution < -0.4 is 38.2 Å². The Kier molecular flexibility index (Phi) is 22.2. The van der Waals surface area contributed by atoms with E-state index < -0.39 is 11.0 Å². The normalized spacial score (nSPS) is 11.8. The number of rotatable bonds is 31. The van der Waals surface area contributed by atoms with E-state index in [1.165, 1.54) is 22.6 Å². The molecular weight excluding hydrogens is 1180 g/mol. The molecule has 2 atom stereocenters. The van der Waals surface area contributed by atoms with Gasteiger partial charge in [0.2, 0.25) is 23.6 Å². The zero-order valence-electron chi connectivity index (χ0n) is 50.6. The molecule has 0 aliphatic carbocycles. The average molecular weight is 1250 g/mol. The van der Waals surface area contributed by atoms with E-state index in [1.54, 1.807) is 101 Å². The molecule has 0 spiro atoms. The Morgan fingerprint density at radius 3 is 1.01 bits per heavy atom. The molecule has 0 bridgehead atoms. The van der Waals surface area contributed by atoms with Crippen LogP contribution in [-0.2, 0) is 0 Å². The lowest BCUT2D eigenvalue weighted by molar-refractivity contribution is 0.0975. The van der Waals surface area contributed by atoms with Gasteiger partial charge in [0.05, 0.1) is 41.7 Å². The van der Waals surface area contributed by atoms with Crippen molar-refractivity contribution in [3.8, 4) is 80.3 Å². The summed E-state index contributed by atoms with van der Waals surface area (Å²) in [6.07, 6.45) is 10.7. The predicted octanol–water partition coefficient (Wildman–Crippen LogP) is 17.7. The van der Waals surface area contributed by atoms with Crippen LogP contribution >= 0.6 is 23.2 Å². The number of aromatic nitrogens is 4. The summed E-state index contributed by atoms with van der Waals surface area (Å²) in [5.41, 5.74) is 4.04. The molecule has 0 saturated heterocycles. The molecule has 0 radical (unpaired) electrons. The van der Waals surface area contributed by atoms with Gasteiger partial charge >= 0.3 is 0 Å². The predicted molar refractivity (Wildman–Crippen MR) is 350 cm³/mol. The Balaban J connectivity index is 0.672. The van der Waals surface area contributed by atoms with Gasteiger partial charge in [0.25, 0.3) is 11.8 Å². The van der Waals surface area contributed by atoms with Crippen LogP contribution in [0.3, 0.4) is 0 Å². The van der Waals surface area contributed by atoms with Crippen LogP contribution in [0.2, 0.25) is 0 Å². The van der Waals surface area contributed by atoms with Gasteiger partial charge in [-0.15, -0.1) is 20.4 Å². The number of nitrogens with zero attached hydrogens (tertiary/aromatic N) is 6. The van der Waals surface area contributed by atoms with E-state index >= 15 is 0 Å². The van der Waals surface area contributed by atoms with E-state index in [9.17, 15) is 9.59 Å². The Morgan fingerprint density at radius 2 is 0.689 bits per heavy atom. The fourth-order valence-electron chi connectivity index (χ4n) is 10.3. The van der Waals surface area contributed by atoms with Crippen molar-refractivity contribution in [1.29, 1.82) is 0 Å². The lowest BCUT2D eigenvalue weighted by Crippen LogP contribution is -2.32. The average Bonchev–Trinajstić information content (AvgIpc) is 1.34. The molecule has 0 N–H and O–H groups in total. The van der Waals surface area contributed by atoms with Crippen molar-refractivity contribution < 1.29 is 46.8 Å². The molecule has 8 aromatic carbocycles. The van der Waals surface area contributed by atoms with E-state index in [0.29, 0.717) is 116 Å². The van der Waals surface area contributed by atoms with Gasteiger partial charge in [-0.05, 0) is 171 Å². The van der Waals surface area contributed by atoms with Crippen LogP contribution in [0.1, 0.15) is 107 Å². The Hall–Kier alpha value is -9.64. The third-order valence-corrected chi connectivity index (χ3v) is 16.1. The molecule has 0 saturated carbocycles. The van der Waals surface area contributed by atoms with Crippen LogP contribution in [0, 0.1) is 0 Å². The summed E-state index contributed by atoms with van der Waals surface area (Å²) in [4.78, 5) is 32.0. The van der Waals surface area contributed by atoms with Gasteiger partial charge < -0.3 is 37.3 Å². The molecule has 10 aromatic rings. The standard InChI is InChI=1S/C72H70Cl2N6O10/c1-83-57-37-29-53(30-38-57)71(81)79(55-33-25-51(26-34-55)69-77-75-67(89-69)49-21-15-13-16-22-49)65(73)61-47-59(41-43-63(61)85-3)87-45-19-11-9-7-5-6-8-10-12-20-46-88-60-42-44-64(86-4)62(48-60)66(74)80(72(82)54-31-39-58(84-2)40-32-54)56-35-27-52(28-36-56)70-78-76-68(90-70)50-23-17-14-18-24-50/h13-18,21-44,47-48,65-66H,5-12,19-20,45-46H2,1-4H3. The first-order chi connectivity index (χ1) is 44.1. The van der Waals surface area contributed by atoms with Crippen molar-refractivity contribution in [2.75, 3.05) is 51.5 Å². The number of carbonyl (C=O) groups is 2. The third-order valence-electron chi connectivity index (χ3n) is 15.2. The van der Waals surface area contributed by atoms with E-state index in [0.717, 1.165) is 62.5 Å². The van der Waals surface area contributed by atoms with Crippen LogP contribution in [-0.4, -0.2) is 73.9 Å². The highest BCUT2D eigenvalue weighted by Crippen LogP contribution is 2.42. The number of ether oxygens (including phenoxy) is 6. The zero-order chi connectivity index (χ0) is 62.6. The summed E-state index contributed by atoms with van der Waals surface area (Å²) in [6, 6.07) is 58.4. The van der Waals surface area contributed by atoms with Gasteiger partial charge in [0.15, 0.2) is 0 Å². The molecule has 10 rings (SSSR count). The maximum absolute atomic E-state index is 14.5. The summed E-state index contributed by atoms with van der Waals surface area (Å²) < 4.78 is 46.9. The van der Waals surface area contributed by atoms with E-state index in [4.69, 9.17) is 60.5 Å². The number of halogens is 2. The molecule has 0 fully saturated rings. The molecule has 0 aliphatic heterocycles. The second-order valence-corrected chi connectivity index (χ2v) is 22.0. The smallest absolute Gasteiger partial charge is 0.259 e. The van der Waals surface area contributed by atoms with Crippen molar-refractivity contribution in [2.24, 2.45) is 0 Å². The quantitative estimate of drug-likeness (QED) is 0.0228. The molecule has 0 aliphatic rings. The maximum Gasteiger partial charge on any atom is 0.259 e. The first kappa shape index (κ1) is 63.4. The van der Waals surface area contributed by atoms with Gasteiger partial charge in [-0.25, -0.2) is 0 Å². The lowest BCUT2D eigenvalue weighted by Gasteiger charge is -2.29. The number of anilines is 2. The highest BCUT2D eigenvalue weighted by Gasteiger charge is 2.31. The van der Waals surface area contributed by atoms with Gasteiger partial charge in [-0.2, -0.15) is 0 Å². The third kappa shape index (κ3) is 16.0. The molecule has 2 heterocycles. The number of hydrogen-bond donors (Lipinski definition) is 0. The van der Waals surface area contributed by atoms with E-state index in [-0.39, 0.29) is 11.8 Å². The summed E-state index contributed by atoms with van der Waals surface area (Å²) in [7, 11) is 6.30. The first-order valence-electron chi connectivity index (χ1n) is 30.0. The number of benzene rings is 8. The summed E-state index contributed by atoms with van der Waals surface area (Å²) in [5, 5.41) is 17.0. The lowest BCUT2D eigenvalue weighted by atomic mass is 10.1. The fraction of sp³-hybridized carbons (Fsp3) is 0.250. The van der Waals surface area contributed by atoms with Crippen LogP contribution in [0.4, 0.5) is 11.4 Å². The minimum Gasteiger partial charge on any atom is -0.497 e. The number of methoxy groups -OCH3 is 4. The molecular formula is C72H70Cl2N6O10. The number of alkyl halides is 2. The topological polar surface area (TPSA) is 174 Å². The van der Waals surface area contributed by atoms with Crippen molar-refractivity contribution in [2.45, 2.75) is 75.2 Å². The van der Waals surface area contributed by atoms with Crippen LogP contribution in [0.15, 0.2) is 203 Å². The second-order valence-electron chi connectivity index (χ2n) is 21.2. The number of unbranched alkanes of at least 4 members (excludes halogenated alkanes) is 9. The van der Waals surface area contributed by atoms with E-state index in [1.807, 2.05) is 121 Å². The summed E-state index contributed by atoms with van der Waals surface area (Å²) >= 11 is 14.8. The van der Waals surface area contributed by atoms with Crippen molar-refractivity contribution in [3.05, 3.63) is 216 Å². The molecule has 462 valence electrons. The Morgan fingerprint density at radius 1 is 0.378 bits per heavy atom. The molecule has 2 amide bonds. The van der Waals surface area contributed by atoms with E-state index in [2.05, 4.69) is 20.4 Å². The minimum atomic E-state index is -0.993. The zero-order valence-corrected chi connectivity index (χ0v) is 52.1. The molecule has 2 unspecified atom stereocenters. The molecule has 2 aromatic heterocycles.